The van der Waals surface area contributed by atoms with Crippen molar-refractivity contribution in [1.82, 2.24) is 15.2 Å². The van der Waals surface area contributed by atoms with Gasteiger partial charge in [0.25, 0.3) is 5.91 Å². The molecule has 0 spiro atoms. The first-order valence-electron chi connectivity index (χ1n) is 11.3. The average Bonchev–Trinajstić information content (AvgIpc) is 3.55. The SMILES string of the molecule is CC(=O)N(c1nc(/C=C/C(=O)NCc2ccc(C(=O)N3CCCC3)cc2)cs1)c1ccccc1F. The van der Waals surface area contributed by atoms with Crippen LogP contribution in [0.15, 0.2) is 60.0 Å². The summed E-state index contributed by atoms with van der Waals surface area (Å²) < 4.78 is 14.2. The molecule has 1 N–H and O–H groups in total. The first-order valence-corrected chi connectivity index (χ1v) is 12.2. The number of thiazole rings is 1. The van der Waals surface area contributed by atoms with Crippen LogP contribution >= 0.6 is 11.3 Å². The fraction of sp³-hybridized carbons (Fsp3) is 0.231. The quantitative estimate of drug-likeness (QED) is 0.491. The summed E-state index contributed by atoms with van der Waals surface area (Å²) in [5.41, 5.74) is 2.13. The van der Waals surface area contributed by atoms with E-state index in [0.717, 1.165) is 31.5 Å². The monoisotopic (exact) mass is 492 g/mol. The Hall–Kier alpha value is -3.85. The molecule has 1 fully saturated rings. The van der Waals surface area contributed by atoms with Crippen molar-refractivity contribution in [1.29, 1.82) is 0 Å². The third-order valence-corrected chi connectivity index (χ3v) is 6.42. The molecule has 180 valence electrons. The van der Waals surface area contributed by atoms with Gasteiger partial charge in [-0.05, 0) is 48.7 Å². The molecule has 2 aromatic carbocycles. The molecule has 3 amide bonds. The zero-order valence-corrected chi connectivity index (χ0v) is 20.1. The van der Waals surface area contributed by atoms with Crippen LogP contribution in [0.3, 0.4) is 0 Å². The zero-order chi connectivity index (χ0) is 24.8. The number of nitrogens with one attached hydrogen (secondary N) is 1. The summed E-state index contributed by atoms with van der Waals surface area (Å²) in [7, 11) is 0. The summed E-state index contributed by atoms with van der Waals surface area (Å²) >= 11 is 1.18. The number of carbonyl (C=O) groups is 3. The number of hydrogen-bond donors (Lipinski definition) is 1. The van der Waals surface area contributed by atoms with Gasteiger partial charge in [0.05, 0.1) is 11.4 Å². The molecule has 0 unspecified atom stereocenters. The lowest BCUT2D eigenvalue weighted by atomic mass is 10.1. The Morgan fingerprint density at radius 1 is 1.11 bits per heavy atom. The minimum Gasteiger partial charge on any atom is -0.348 e. The van der Waals surface area contributed by atoms with Crippen molar-refractivity contribution in [3.05, 3.63) is 82.6 Å². The van der Waals surface area contributed by atoms with Crippen molar-refractivity contribution in [2.45, 2.75) is 26.3 Å². The molecule has 7 nitrogen and oxygen atoms in total. The van der Waals surface area contributed by atoms with Gasteiger partial charge < -0.3 is 10.2 Å². The van der Waals surface area contributed by atoms with Gasteiger partial charge in [-0.15, -0.1) is 11.3 Å². The second-order valence-corrected chi connectivity index (χ2v) is 8.94. The van der Waals surface area contributed by atoms with Crippen LogP contribution in [0.4, 0.5) is 15.2 Å². The van der Waals surface area contributed by atoms with Crippen molar-refractivity contribution in [2.75, 3.05) is 18.0 Å². The highest BCUT2D eigenvalue weighted by molar-refractivity contribution is 7.14. The largest absolute Gasteiger partial charge is 0.348 e. The van der Waals surface area contributed by atoms with Crippen LogP contribution < -0.4 is 10.2 Å². The Labute approximate surface area is 206 Å². The number of likely N-dealkylation sites (tertiary alicyclic amines) is 1. The summed E-state index contributed by atoms with van der Waals surface area (Å²) in [6.45, 7) is 3.26. The number of halogens is 1. The van der Waals surface area contributed by atoms with E-state index in [2.05, 4.69) is 10.3 Å². The van der Waals surface area contributed by atoms with Crippen molar-refractivity contribution >= 4 is 46.0 Å². The summed E-state index contributed by atoms with van der Waals surface area (Å²) in [5, 5.41) is 4.79. The van der Waals surface area contributed by atoms with E-state index in [9.17, 15) is 18.8 Å². The number of hydrogen-bond acceptors (Lipinski definition) is 5. The molecule has 1 aromatic heterocycles. The van der Waals surface area contributed by atoms with Crippen molar-refractivity contribution in [3.8, 4) is 0 Å². The van der Waals surface area contributed by atoms with Crippen LogP contribution in [-0.2, 0) is 16.1 Å². The molecule has 2 heterocycles. The molecule has 1 aliphatic rings. The summed E-state index contributed by atoms with van der Waals surface area (Å²) in [4.78, 5) is 44.2. The van der Waals surface area contributed by atoms with Gasteiger partial charge in [-0.2, -0.15) is 0 Å². The zero-order valence-electron chi connectivity index (χ0n) is 19.2. The topological polar surface area (TPSA) is 82.6 Å². The first-order chi connectivity index (χ1) is 16.9. The van der Waals surface area contributed by atoms with Crippen LogP contribution in [0.1, 0.15) is 41.4 Å². The molecular formula is C26H25FN4O3S. The van der Waals surface area contributed by atoms with Crippen LogP contribution in [0.2, 0.25) is 0 Å². The number of amides is 3. The van der Waals surface area contributed by atoms with Gasteiger partial charge >= 0.3 is 0 Å². The maximum Gasteiger partial charge on any atom is 0.253 e. The third-order valence-electron chi connectivity index (χ3n) is 5.58. The molecule has 0 saturated carbocycles. The molecule has 1 aliphatic heterocycles. The molecule has 1 saturated heterocycles. The van der Waals surface area contributed by atoms with E-state index in [1.54, 1.807) is 29.6 Å². The Kier molecular flexibility index (Phi) is 7.67. The maximum atomic E-state index is 14.2. The van der Waals surface area contributed by atoms with E-state index in [-0.39, 0.29) is 23.4 Å². The normalized spacial score (nSPS) is 13.3. The molecule has 9 heteroatoms. The number of benzene rings is 2. The first kappa shape index (κ1) is 24.3. The van der Waals surface area contributed by atoms with Crippen molar-refractivity contribution in [3.63, 3.8) is 0 Å². The average molecular weight is 493 g/mol. The standard InChI is InChI=1S/C26H25FN4O3S/c1-18(32)31(23-7-3-2-6-22(23)27)26-29-21(17-35-26)12-13-24(33)28-16-19-8-10-20(11-9-19)25(34)30-14-4-5-15-30/h2-3,6-13,17H,4-5,14-16H2,1H3,(H,28,33)/b13-12+. The van der Waals surface area contributed by atoms with Gasteiger partial charge in [-0.3, -0.25) is 19.3 Å². The highest BCUT2D eigenvalue weighted by atomic mass is 32.1. The Balaban J connectivity index is 1.33. The van der Waals surface area contributed by atoms with Gasteiger partial charge in [0.1, 0.15) is 5.82 Å². The summed E-state index contributed by atoms with van der Waals surface area (Å²) in [6.07, 6.45) is 4.98. The van der Waals surface area contributed by atoms with Crippen LogP contribution in [0.25, 0.3) is 6.08 Å². The fourth-order valence-electron chi connectivity index (χ4n) is 3.77. The fourth-order valence-corrected chi connectivity index (χ4v) is 4.62. The number of aromatic nitrogens is 1. The lowest BCUT2D eigenvalue weighted by molar-refractivity contribution is -0.117. The number of nitrogens with zero attached hydrogens (tertiary/aromatic N) is 3. The molecule has 3 aromatic rings. The van der Waals surface area contributed by atoms with E-state index in [4.69, 9.17) is 0 Å². The van der Waals surface area contributed by atoms with Gasteiger partial charge in [-0.25, -0.2) is 9.37 Å². The summed E-state index contributed by atoms with van der Waals surface area (Å²) in [6, 6.07) is 13.2. The number of rotatable bonds is 7. The maximum absolute atomic E-state index is 14.2. The highest BCUT2D eigenvalue weighted by Gasteiger charge is 2.21. The molecule has 4 rings (SSSR count). The molecule has 0 radical (unpaired) electrons. The van der Waals surface area contributed by atoms with E-state index in [1.165, 1.54) is 47.4 Å². The van der Waals surface area contributed by atoms with Crippen LogP contribution in [0, 0.1) is 5.82 Å². The number of carbonyl (C=O) groups excluding carboxylic acids is 3. The number of para-hydroxylation sites is 1. The molecular weight excluding hydrogens is 467 g/mol. The van der Waals surface area contributed by atoms with E-state index in [1.807, 2.05) is 17.0 Å². The summed E-state index contributed by atoms with van der Waals surface area (Å²) in [5.74, 6) is -1.16. The van der Waals surface area contributed by atoms with Crippen LogP contribution in [0.5, 0.6) is 0 Å². The van der Waals surface area contributed by atoms with Crippen molar-refractivity contribution < 1.29 is 18.8 Å². The van der Waals surface area contributed by atoms with E-state index < -0.39 is 5.82 Å². The minimum atomic E-state index is -0.525. The lowest BCUT2D eigenvalue weighted by Gasteiger charge is -2.18. The predicted molar refractivity (Wildman–Crippen MR) is 134 cm³/mol. The van der Waals surface area contributed by atoms with E-state index >= 15 is 0 Å². The minimum absolute atomic E-state index is 0.0435. The van der Waals surface area contributed by atoms with E-state index in [0.29, 0.717) is 22.9 Å². The van der Waals surface area contributed by atoms with Gasteiger partial charge in [0, 0.05) is 43.6 Å². The second-order valence-electron chi connectivity index (χ2n) is 8.11. The molecule has 0 bridgehead atoms. The van der Waals surface area contributed by atoms with Crippen molar-refractivity contribution in [2.24, 2.45) is 0 Å². The Bertz CT molecular complexity index is 1250. The smallest absolute Gasteiger partial charge is 0.253 e. The van der Waals surface area contributed by atoms with Crippen LogP contribution in [-0.4, -0.2) is 40.7 Å². The second kappa shape index (κ2) is 11.1. The van der Waals surface area contributed by atoms with Gasteiger partial charge in [0.2, 0.25) is 11.8 Å². The predicted octanol–water partition coefficient (Wildman–Crippen LogP) is 4.53. The lowest BCUT2D eigenvalue weighted by Crippen LogP contribution is -2.27. The molecule has 0 aliphatic carbocycles. The van der Waals surface area contributed by atoms with Gasteiger partial charge in [-0.1, -0.05) is 24.3 Å². The Morgan fingerprint density at radius 3 is 2.51 bits per heavy atom. The Morgan fingerprint density at radius 2 is 1.83 bits per heavy atom. The van der Waals surface area contributed by atoms with Gasteiger partial charge in [0.15, 0.2) is 5.13 Å². The molecule has 35 heavy (non-hydrogen) atoms. The highest BCUT2D eigenvalue weighted by Crippen LogP contribution is 2.31. The molecule has 0 atom stereocenters. The third kappa shape index (κ3) is 5.99. The number of anilines is 2.